The summed E-state index contributed by atoms with van der Waals surface area (Å²) < 4.78 is 9.21. The molecule has 112 heavy (non-hydrogen) atoms. The molecular weight excluding hydrogens is 1370 g/mol. The summed E-state index contributed by atoms with van der Waals surface area (Å²) in [5.74, 6) is 1.22. The first-order valence-electron chi connectivity index (χ1n) is 37.8. The minimum Gasteiger partial charge on any atom is -0.309 e. The second-order valence-electron chi connectivity index (χ2n) is 28.5. The molecule has 0 saturated carbocycles. The van der Waals surface area contributed by atoms with E-state index in [1.165, 1.54) is 87.2 Å². The quantitative estimate of drug-likeness (QED) is 0.127. The maximum atomic E-state index is 5.24. The van der Waals surface area contributed by atoms with E-state index in [0.29, 0.717) is 11.9 Å². The Labute approximate surface area is 643 Å². The topological polar surface area (TPSA) is 97.1 Å². The summed E-state index contributed by atoms with van der Waals surface area (Å²) in [5, 5.41) is 17.1. The van der Waals surface area contributed by atoms with Gasteiger partial charge in [-0.3, -0.25) is 19.1 Å². The molecule has 10 nitrogen and oxygen atoms in total. The summed E-state index contributed by atoms with van der Waals surface area (Å²) in [5.41, 5.74) is 22.8. The molecule has 522 valence electrons. The zero-order valence-electron chi connectivity index (χ0n) is 60.4. The fourth-order valence-corrected chi connectivity index (χ4v) is 17.2. The number of hydrogen-bond donors (Lipinski definition) is 0. The third-order valence-electron chi connectivity index (χ3n) is 22.2. The van der Waals surface area contributed by atoms with Crippen molar-refractivity contribution in [2.24, 2.45) is 0 Å². The van der Waals surface area contributed by atoms with Gasteiger partial charge in [-0.2, -0.15) is 0 Å². The fourth-order valence-electron chi connectivity index (χ4n) is 17.2. The number of fused-ring (bicyclic) bond motifs is 18. The number of rotatable bonds is 10. The van der Waals surface area contributed by atoms with Crippen molar-refractivity contribution in [3.63, 3.8) is 0 Å². The Morgan fingerprint density at radius 3 is 0.893 bits per heavy atom. The monoisotopic (exact) mass is 1430 g/mol. The van der Waals surface area contributed by atoms with Crippen molar-refractivity contribution in [2.45, 2.75) is 0 Å². The summed E-state index contributed by atoms with van der Waals surface area (Å²) >= 11 is 0. The van der Waals surface area contributed by atoms with Crippen LogP contribution in [-0.2, 0) is 0 Å². The van der Waals surface area contributed by atoms with Crippen molar-refractivity contribution in [3.8, 4) is 90.8 Å². The first-order valence-corrected chi connectivity index (χ1v) is 37.8. The normalized spacial score (nSPS) is 11.8. The predicted octanol–water partition coefficient (Wildman–Crippen LogP) is 25.6. The zero-order chi connectivity index (χ0) is 73.7. The molecule has 0 aliphatic rings. The highest BCUT2D eigenvalue weighted by atomic mass is 15.2. The van der Waals surface area contributed by atoms with Gasteiger partial charge in [0, 0.05) is 77.7 Å². The molecule has 23 aromatic rings. The van der Waals surface area contributed by atoms with Gasteiger partial charge < -0.3 is 9.13 Å². The van der Waals surface area contributed by atoms with Crippen LogP contribution in [0.5, 0.6) is 0 Å². The average Bonchev–Trinajstić information content (AvgIpc) is 1.29. The van der Waals surface area contributed by atoms with Crippen LogP contribution >= 0.6 is 0 Å². The van der Waals surface area contributed by atoms with E-state index in [-0.39, 0.29) is 0 Å². The molecular formula is C102H64N10. The van der Waals surface area contributed by atoms with E-state index >= 15 is 0 Å². The van der Waals surface area contributed by atoms with Crippen molar-refractivity contribution in [2.75, 3.05) is 0 Å². The Balaban J connectivity index is 0.000000141. The average molecular weight is 1430 g/mol. The number of aromatic nitrogens is 10. The summed E-state index contributed by atoms with van der Waals surface area (Å²) in [6.07, 6.45) is 3.58. The molecule has 8 aromatic heterocycles. The molecule has 0 bridgehead atoms. The van der Waals surface area contributed by atoms with Crippen LogP contribution < -0.4 is 0 Å². The van der Waals surface area contributed by atoms with Crippen LogP contribution in [0.2, 0.25) is 0 Å². The van der Waals surface area contributed by atoms with Gasteiger partial charge in [-0.1, -0.05) is 249 Å². The molecule has 0 aliphatic heterocycles. The van der Waals surface area contributed by atoms with Crippen molar-refractivity contribution in [1.82, 2.24) is 48.2 Å². The minimum atomic E-state index is 0.572. The third-order valence-corrected chi connectivity index (χ3v) is 22.2. The molecule has 0 amide bonds. The van der Waals surface area contributed by atoms with Gasteiger partial charge >= 0.3 is 0 Å². The van der Waals surface area contributed by atoms with Gasteiger partial charge in [0.05, 0.1) is 84.0 Å². The number of benzene rings is 15. The Kier molecular flexibility index (Phi) is 15.0. The molecule has 0 spiro atoms. The highest BCUT2D eigenvalue weighted by molar-refractivity contribution is 6.28. The molecule has 0 atom stereocenters. The number of nitrogens with zero attached hydrogens (tertiary/aromatic N) is 10. The van der Waals surface area contributed by atoms with Gasteiger partial charge in [0.25, 0.3) is 0 Å². The Morgan fingerprint density at radius 1 is 0.170 bits per heavy atom. The highest BCUT2D eigenvalue weighted by Crippen LogP contribution is 2.45. The van der Waals surface area contributed by atoms with E-state index in [2.05, 4.69) is 350 Å². The lowest BCUT2D eigenvalue weighted by molar-refractivity contribution is 0.988. The third kappa shape index (κ3) is 10.6. The lowest BCUT2D eigenvalue weighted by Crippen LogP contribution is -2.04. The maximum absolute atomic E-state index is 5.24. The summed E-state index contributed by atoms with van der Waals surface area (Å²) in [6, 6.07) is 133. The highest BCUT2D eigenvalue weighted by Gasteiger charge is 2.24. The summed E-state index contributed by atoms with van der Waals surface area (Å²) in [4.78, 5) is 29.9. The molecule has 0 unspecified atom stereocenters. The smallest absolute Gasteiger partial charge is 0.235 e. The maximum Gasteiger partial charge on any atom is 0.235 e. The molecule has 0 N–H and O–H groups in total. The molecule has 8 heterocycles. The van der Waals surface area contributed by atoms with Crippen LogP contribution in [0.25, 0.3) is 210 Å². The van der Waals surface area contributed by atoms with E-state index in [4.69, 9.17) is 19.9 Å². The molecule has 0 saturated heterocycles. The fraction of sp³-hybridized carbons (Fsp3) is 0. The van der Waals surface area contributed by atoms with Crippen LogP contribution in [0.3, 0.4) is 0 Å². The first kappa shape index (κ1) is 64.0. The van der Waals surface area contributed by atoms with E-state index in [1.807, 2.05) is 54.6 Å². The predicted molar refractivity (Wildman–Crippen MR) is 462 cm³/mol. The van der Waals surface area contributed by atoms with Crippen LogP contribution in [0, 0.1) is 0 Å². The van der Waals surface area contributed by atoms with Gasteiger partial charge in [0.1, 0.15) is 0 Å². The molecule has 15 aromatic carbocycles. The van der Waals surface area contributed by atoms with Crippen molar-refractivity contribution in [1.29, 1.82) is 0 Å². The van der Waals surface area contributed by atoms with Gasteiger partial charge in [-0.15, -0.1) is 0 Å². The minimum absolute atomic E-state index is 0.572. The van der Waals surface area contributed by atoms with Crippen molar-refractivity contribution < 1.29 is 0 Å². The standard InChI is InChI=1S/C58H36N4.C44H28N6/c1-3-16-37(17-4-1)50-36-51(38-18-5-2-6-19-38)60-58(59-50)62-53-28-14-12-24-45(53)49-35-40(31-33-55(49)62)39-30-32-54-48(34-39)44-23-11-13-27-52(44)61(54)56-29-15-26-47-43-21-8-7-20-41(43)42-22-9-10-25-46(42)57(47)56;1-2-12-31(13-3-1)49-40-18-6-4-14-32(40)34-26-29(20-22-42(34)49)30-21-23-43-35(27-30)33-15-5-7-19-41(33)50(43)44-47-38(36-16-8-10-24-45-36)28-39(48-44)37-17-9-11-25-46-37/h1-36H;1-28H. The first-order chi connectivity index (χ1) is 55.6. The van der Waals surface area contributed by atoms with E-state index in [9.17, 15) is 0 Å². The lowest BCUT2D eigenvalue weighted by atomic mass is 9.93. The Hall–Kier alpha value is -15.3. The number of pyridine rings is 2. The second kappa shape index (κ2) is 26.3. The number of para-hydroxylation sites is 5. The van der Waals surface area contributed by atoms with E-state index in [1.54, 1.807) is 12.4 Å². The molecule has 0 radical (unpaired) electrons. The largest absolute Gasteiger partial charge is 0.309 e. The van der Waals surface area contributed by atoms with Crippen LogP contribution in [-0.4, -0.2) is 48.2 Å². The molecule has 0 fully saturated rings. The zero-order valence-corrected chi connectivity index (χ0v) is 60.4. The van der Waals surface area contributed by atoms with Gasteiger partial charge in [-0.25, -0.2) is 19.9 Å². The SMILES string of the molecule is c1ccc(-c2cc(-c3ccccc3)nc(-n3c4ccccc4c4cc(-c5ccc6c(c5)c5ccccc5n6-c5cccc6c7ccccc7c7ccccc7c56)ccc43)n2)cc1.c1ccc(-n2c3ccccc3c3cc(-c4ccc5c(c4)c4ccccc4n5-c4nc(-c5ccccn5)cc(-c5ccccn5)n4)ccc32)cc1. The second-order valence-corrected chi connectivity index (χ2v) is 28.5. The summed E-state index contributed by atoms with van der Waals surface area (Å²) in [6.45, 7) is 0. The van der Waals surface area contributed by atoms with Crippen LogP contribution in [0.1, 0.15) is 0 Å². The van der Waals surface area contributed by atoms with Crippen LogP contribution in [0.4, 0.5) is 0 Å². The Morgan fingerprint density at radius 2 is 0.473 bits per heavy atom. The molecule has 23 rings (SSSR count). The van der Waals surface area contributed by atoms with E-state index in [0.717, 1.165) is 111 Å². The van der Waals surface area contributed by atoms with Crippen molar-refractivity contribution in [3.05, 3.63) is 389 Å². The molecule has 0 aliphatic carbocycles. The van der Waals surface area contributed by atoms with Gasteiger partial charge in [0.15, 0.2) is 0 Å². The van der Waals surface area contributed by atoms with Gasteiger partial charge in [0.2, 0.25) is 11.9 Å². The summed E-state index contributed by atoms with van der Waals surface area (Å²) in [7, 11) is 0. The van der Waals surface area contributed by atoms with E-state index < -0.39 is 0 Å². The Bertz CT molecular complexity index is 7520. The molecule has 10 heteroatoms. The van der Waals surface area contributed by atoms with Gasteiger partial charge in [-0.05, 0) is 177 Å². The lowest BCUT2D eigenvalue weighted by Gasteiger charge is -2.16. The number of hydrogen-bond acceptors (Lipinski definition) is 6. The van der Waals surface area contributed by atoms with Crippen molar-refractivity contribution >= 4 is 120 Å². The van der Waals surface area contributed by atoms with Crippen LogP contribution in [0.15, 0.2) is 389 Å².